The number of fused-ring (bicyclic) bond motifs is 1. The van der Waals surface area contributed by atoms with Crippen molar-refractivity contribution in [3.63, 3.8) is 0 Å². The minimum Gasteiger partial charge on any atom is -0.497 e. The summed E-state index contributed by atoms with van der Waals surface area (Å²) in [6.45, 7) is 11.5. The van der Waals surface area contributed by atoms with Gasteiger partial charge in [0.15, 0.2) is 0 Å². The third-order valence-corrected chi connectivity index (χ3v) is 5.70. The summed E-state index contributed by atoms with van der Waals surface area (Å²) < 4.78 is 5.33. The summed E-state index contributed by atoms with van der Waals surface area (Å²) in [5.74, 6) is 1.12. The quantitative estimate of drug-likeness (QED) is 0.807. The minimum absolute atomic E-state index is 0.153. The van der Waals surface area contributed by atoms with Gasteiger partial charge >= 0.3 is 0 Å². The van der Waals surface area contributed by atoms with Crippen LogP contribution < -0.4 is 10.1 Å². The lowest BCUT2D eigenvalue weighted by Crippen LogP contribution is -2.51. The summed E-state index contributed by atoms with van der Waals surface area (Å²) in [6, 6.07) is 6.52. The number of amides is 1. The molecule has 0 radical (unpaired) electrons. The first-order chi connectivity index (χ1) is 12.1. The zero-order chi connectivity index (χ0) is 18.0. The van der Waals surface area contributed by atoms with Crippen LogP contribution in [0, 0.1) is 12.3 Å². The molecule has 1 N–H and O–H groups in total. The van der Waals surface area contributed by atoms with Crippen LogP contribution in [0.25, 0.3) is 0 Å². The van der Waals surface area contributed by atoms with Crippen LogP contribution in [0.5, 0.6) is 5.75 Å². The lowest BCUT2D eigenvalue weighted by atomic mass is 9.77. The number of carbonyl (C=O) groups excluding carboxylic acids is 1. The van der Waals surface area contributed by atoms with Crippen LogP contribution in [0.15, 0.2) is 43.5 Å². The Balaban J connectivity index is 1.95. The lowest BCUT2D eigenvalue weighted by molar-refractivity contribution is -0.137. The number of hydrogen-bond donors (Lipinski definition) is 1. The van der Waals surface area contributed by atoms with Gasteiger partial charge in [-0.3, -0.25) is 4.79 Å². The number of benzene rings is 1. The molecule has 0 saturated carbocycles. The molecule has 2 aliphatic rings. The molecule has 25 heavy (non-hydrogen) atoms. The highest BCUT2D eigenvalue weighted by Gasteiger charge is 2.53. The first-order valence-corrected chi connectivity index (χ1v) is 8.97. The van der Waals surface area contributed by atoms with Crippen molar-refractivity contribution in [2.45, 2.75) is 38.3 Å². The van der Waals surface area contributed by atoms with Crippen molar-refractivity contribution in [3.8, 4) is 5.75 Å². The maximum absolute atomic E-state index is 13.2. The van der Waals surface area contributed by atoms with Crippen LogP contribution in [0.4, 0.5) is 0 Å². The third kappa shape index (κ3) is 2.99. The standard InChI is InChI=1S/C21H28N2O2/c1-5-9-21(10-6-2)14-18-19(22-11-12-23(18)20(21)24)17-8-7-16(25-4)13-15(17)3/h5-8,13,18-19,22H,1-2,9-12,14H2,3-4H3/t18-,19?/m0/s1. The predicted molar refractivity (Wildman–Crippen MR) is 101 cm³/mol. The van der Waals surface area contributed by atoms with Crippen LogP contribution in [0.3, 0.4) is 0 Å². The second-order valence-electron chi connectivity index (χ2n) is 7.19. The van der Waals surface area contributed by atoms with Crippen LogP contribution in [-0.4, -0.2) is 37.0 Å². The molecule has 2 heterocycles. The molecule has 4 nitrogen and oxygen atoms in total. The van der Waals surface area contributed by atoms with E-state index in [1.807, 2.05) is 18.2 Å². The molecule has 134 valence electrons. The molecule has 0 aliphatic carbocycles. The fraction of sp³-hybridized carbons (Fsp3) is 0.476. The molecule has 4 heteroatoms. The fourth-order valence-electron chi connectivity index (χ4n) is 4.51. The monoisotopic (exact) mass is 340 g/mol. The van der Waals surface area contributed by atoms with E-state index >= 15 is 0 Å². The van der Waals surface area contributed by atoms with Crippen LogP contribution in [0.2, 0.25) is 0 Å². The Morgan fingerprint density at radius 3 is 2.68 bits per heavy atom. The van der Waals surface area contributed by atoms with Crippen LogP contribution >= 0.6 is 0 Å². The van der Waals surface area contributed by atoms with E-state index in [1.54, 1.807) is 7.11 Å². The molecule has 2 saturated heterocycles. The molecule has 1 aromatic carbocycles. The number of allylic oxidation sites excluding steroid dienone is 2. The predicted octanol–water partition coefficient (Wildman–Crippen LogP) is 3.39. The van der Waals surface area contributed by atoms with E-state index in [0.29, 0.717) is 12.8 Å². The zero-order valence-electron chi connectivity index (χ0n) is 15.3. The first-order valence-electron chi connectivity index (χ1n) is 8.97. The molecule has 2 atom stereocenters. The van der Waals surface area contributed by atoms with Crippen molar-refractivity contribution in [1.82, 2.24) is 10.2 Å². The van der Waals surface area contributed by atoms with Crippen molar-refractivity contribution in [2.24, 2.45) is 5.41 Å². The molecular formula is C21H28N2O2. The average molecular weight is 340 g/mol. The summed E-state index contributed by atoms with van der Waals surface area (Å²) >= 11 is 0. The van der Waals surface area contributed by atoms with Crippen molar-refractivity contribution in [1.29, 1.82) is 0 Å². The van der Waals surface area contributed by atoms with Gasteiger partial charge in [-0.05, 0) is 49.4 Å². The Bertz CT molecular complexity index is 672. The average Bonchev–Trinajstić information content (AvgIpc) is 2.88. The van der Waals surface area contributed by atoms with Crippen molar-refractivity contribution >= 4 is 5.91 Å². The van der Waals surface area contributed by atoms with Gasteiger partial charge < -0.3 is 15.0 Å². The summed E-state index contributed by atoms with van der Waals surface area (Å²) in [5, 5.41) is 3.64. The Morgan fingerprint density at radius 2 is 2.08 bits per heavy atom. The zero-order valence-corrected chi connectivity index (χ0v) is 15.3. The van der Waals surface area contributed by atoms with Gasteiger partial charge in [0.25, 0.3) is 0 Å². The molecule has 1 amide bonds. The number of hydrogen-bond acceptors (Lipinski definition) is 3. The molecule has 2 fully saturated rings. The van der Waals surface area contributed by atoms with Gasteiger partial charge in [-0.1, -0.05) is 18.2 Å². The number of carbonyl (C=O) groups is 1. The van der Waals surface area contributed by atoms with E-state index in [9.17, 15) is 4.79 Å². The van der Waals surface area contributed by atoms with Gasteiger partial charge in [-0.25, -0.2) is 0 Å². The largest absolute Gasteiger partial charge is 0.497 e. The highest BCUT2D eigenvalue weighted by molar-refractivity contribution is 5.86. The minimum atomic E-state index is -0.376. The Hall–Kier alpha value is -2.07. The van der Waals surface area contributed by atoms with E-state index in [-0.39, 0.29) is 23.4 Å². The molecular weight excluding hydrogens is 312 g/mol. The SMILES string of the molecule is C=CCC1(CC=C)C[C@H]2C(c3ccc(OC)cc3C)NCCN2C1=O. The number of piperazine rings is 1. The molecule has 0 spiro atoms. The summed E-state index contributed by atoms with van der Waals surface area (Å²) in [6.07, 6.45) is 6.01. The molecule has 3 rings (SSSR count). The van der Waals surface area contributed by atoms with Gasteiger partial charge in [0.1, 0.15) is 5.75 Å². The molecule has 0 bridgehead atoms. The van der Waals surface area contributed by atoms with E-state index in [0.717, 1.165) is 25.3 Å². The van der Waals surface area contributed by atoms with Crippen LogP contribution in [-0.2, 0) is 4.79 Å². The molecule has 0 aromatic heterocycles. The second-order valence-corrected chi connectivity index (χ2v) is 7.19. The number of nitrogens with zero attached hydrogens (tertiary/aromatic N) is 1. The number of ether oxygens (including phenoxy) is 1. The highest BCUT2D eigenvalue weighted by atomic mass is 16.5. The second kappa shape index (κ2) is 7.04. The van der Waals surface area contributed by atoms with Crippen molar-refractivity contribution < 1.29 is 9.53 Å². The Kier molecular flexibility index (Phi) is 5.00. The van der Waals surface area contributed by atoms with E-state index in [1.165, 1.54) is 11.1 Å². The molecule has 1 unspecified atom stereocenters. The third-order valence-electron chi connectivity index (χ3n) is 5.70. The van der Waals surface area contributed by atoms with Crippen LogP contribution in [0.1, 0.15) is 36.4 Å². The fourth-order valence-corrected chi connectivity index (χ4v) is 4.51. The van der Waals surface area contributed by atoms with Gasteiger partial charge in [0, 0.05) is 13.1 Å². The normalized spacial score (nSPS) is 24.7. The van der Waals surface area contributed by atoms with Gasteiger partial charge in [0.05, 0.1) is 24.6 Å². The maximum atomic E-state index is 13.2. The van der Waals surface area contributed by atoms with E-state index in [4.69, 9.17) is 4.74 Å². The van der Waals surface area contributed by atoms with Crippen molar-refractivity contribution in [3.05, 3.63) is 54.6 Å². The van der Waals surface area contributed by atoms with Gasteiger partial charge in [-0.2, -0.15) is 0 Å². The number of rotatable bonds is 6. The van der Waals surface area contributed by atoms with Crippen molar-refractivity contribution in [2.75, 3.05) is 20.2 Å². The Morgan fingerprint density at radius 1 is 1.36 bits per heavy atom. The van der Waals surface area contributed by atoms with Gasteiger partial charge in [0.2, 0.25) is 5.91 Å². The Labute approximate surface area is 150 Å². The number of nitrogens with one attached hydrogen (secondary N) is 1. The molecule has 1 aromatic rings. The molecule has 2 aliphatic heterocycles. The lowest BCUT2D eigenvalue weighted by Gasteiger charge is -2.38. The first kappa shape index (κ1) is 17.7. The van der Waals surface area contributed by atoms with E-state index < -0.39 is 0 Å². The summed E-state index contributed by atoms with van der Waals surface area (Å²) in [5.41, 5.74) is 2.06. The van der Waals surface area contributed by atoms with E-state index in [2.05, 4.69) is 42.4 Å². The number of methoxy groups -OCH3 is 1. The topological polar surface area (TPSA) is 41.6 Å². The van der Waals surface area contributed by atoms with Gasteiger partial charge in [-0.15, -0.1) is 13.2 Å². The maximum Gasteiger partial charge on any atom is 0.229 e. The smallest absolute Gasteiger partial charge is 0.229 e. The highest BCUT2D eigenvalue weighted by Crippen LogP contribution is 2.47. The summed E-state index contributed by atoms with van der Waals surface area (Å²) in [7, 11) is 1.68. The summed E-state index contributed by atoms with van der Waals surface area (Å²) in [4.78, 5) is 15.3. The number of aryl methyl sites for hydroxylation is 1.